The summed E-state index contributed by atoms with van der Waals surface area (Å²) in [5.41, 5.74) is -0.604. The van der Waals surface area contributed by atoms with Gasteiger partial charge >= 0.3 is 5.97 Å². The predicted octanol–water partition coefficient (Wildman–Crippen LogP) is 2.75. The van der Waals surface area contributed by atoms with E-state index in [-0.39, 0.29) is 5.92 Å². The average molecular weight is 227 g/mol. The molecule has 3 heteroatoms. The van der Waals surface area contributed by atoms with E-state index in [0.717, 1.165) is 38.6 Å². The second kappa shape index (κ2) is 5.67. The highest BCUT2D eigenvalue weighted by Gasteiger charge is 2.47. The van der Waals surface area contributed by atoms with Gasteiger partial charge in [-0.3, -0.25) is 9.69 Å². The number of unbranched alkanes of at least 4 members (excludes halogenated alkanes) is 1. The standard InChI is InChI=1S/C13H25NO2/c1-4-5-10-14(3)13(12(15)16)9-7-6-8-11(13)2/h11H,4-10H2,1-3H3,(H,15,16). The van der Waals surface area contributed by atoms with Crippen molar-refractivity contribution in [2.75, 3.05) is 13.6 Å². The lowest BCUT2D eigenvalue weighted by Crippen LogP contribution is -2.58. The van der Waals surface area contributed by atoms with Gasteiger partial charge in [0.05, 0.1) is 0 Å². The summed E-state index contributed by atoms with van der Waals surface area (Å²) in [6.07, 6.45) is 6.28. The van der Waals surface area contributed by atoms with E-state index in [1.807, 2.05) is 7.05 Å². The third-order valence-corrected chi connectivity index (χ3v) is 4.16. The van der Waals surface area contributed by atoms with Crippen molar-refractivity contribution in [1.82, 2.24) is 4.90 Å². The van der Waals surface area contributed by atoms with Crippen LogP contribution in [0.3, 0.4) is 0 Å². The van der Waals surface area contributed by atoms with Gasteiger partial charge in [-0.15, -0.1) is 0 Å². The molecule has 0 aromatic rings. The van der Waals surface area contributed by atoms with E-state index >= 15 is 0 Å². The summed E-state index contributed by atoms with van der Waals surface area (Å²) in [4.78, 5) is 13.7. The maximum Gasteiger partial charge on any atom is 0.324 e. The van der Waals surface area contributed by atoms with Crippen molar-refractivity contribution in [3.05, 3.63) is 0 Å². The maximum absolute atomic E-state index is 11.6. The maximum atomic E-state index is 11.6. The molecule has 1 aliphatic carbocycles. The SMILES string of the molecule is CCCCN(C)C1(C(=O)O)CCCCC1C. The predicted molar refractivity (Wildman–Crippen MR) is 65.5 cm³/mol. The number of aliphatic carboxylic acids is 1. The summed E-state index contributed by atoms with van der Waals surface area (Å²) < 4.78 is 0. The van der Waals surface area contributed by atoms with Gasteiger partial charge in [0.25, 0.3) is 0 Å². The van der Waals surface area contributed by atoms with Crippen LogP contribution in [0.1, 0.15) is 52.4 Å². The Bertz CT molecular complexity index is 242. The second-order valence-corrected chi connectivity index (χ2v) is 5.15. The summed E-state index contributed by atoms with van der Waals surface area (Å²) in [6.45, 7) is 5.13. The van der Waals surface area contributed by atoms with Crippen LogP contribution in [0.15, 0.2) is 0 Å². The summed E-state index contributed by atoms with van der Waals surface area (Å²) >= 11 is 0. The van der Waals surface area contributed by atoms with E-state index in [2.05, 4.69) is 18.7 Å². The molecule has 0 aromatic heterocycles. The molecule has 1 rings (SSSR count). The Labute approximate surface area is 98.8 Å². The number of rotatable bonds is 5. The van der Waals surface area contributed by atoms with Crippen molar-refractivity contribution in [3.8, 4) is 0 Å². The van der Waals surface area contributed by atoms with Gasteiger partial charge in [-0.05, 0) is 38.8 Å². The van der Waals surface area contributed by atoms with Crippen molar-refractivity contribution in [2.45, 2.75) is 57.9 Å². The molecule has 0 radical (unpaired) electrons. The first-order valence-corrected chi connectivity index (χ1v) is 6.50. The summed E-state index contributed by atoms with van der Waals surface area (Å²) in [7, 11) is 1.98. The monoisotopic (exact) mass is 227 g/mol. The van der Waals surface area contributed by atoms with Gasteiger partial charge in [0, 0.05) is 0 Å². The average Bonchev–Trinajstić information content (AvgIpc) is 2.26. The smallest absolute Gasteiger partial charge is 0.324 e. The summed E-state index contributed by atoms with van der Waals surface area (Å²) in [5, 5.41) is 9.59. The lowest BCUT2D eigenvalue weighted by Gasteiger charge is -2.45. The van der Waals surface area contributed by atoms with Gasteiger partial charge in [0.1, 0.15) is 5.54 Å². The minimum atomic E-state index is -0.627. The zero-order valence-electron chi connectivity index (χ0n) is 10.8. The number of carboxylic acid groups (broad SMARTS) is 1. The molecule has 2 atom stereocenters. The van der Waals surface area contributed by atoms with Gasteiger partial charge in [-0.1, -0.05) is 33.1 Å². The highest BCUT2D eigenvalue weighted by Crippen LogP contribution is 2.38. The molecule has 16 heavy (non-hydrogen) atoms. The molecule has 0 saturated heterocycles. The Morgan fingerprint density at radius 2 is 2.19 bits per heavy atom. The highest BCUT2D eigenvalue weighted by molar-refractivity contribution is 5.79. The van der Waals surface area contributed by atoms with Gasteiger partial charge < -0.3 is 5.11 Å². The summed E-state index contributed by atoms with van der Waals surface area (Å²) in [6, 6.07) is 0. The molecule has 1 saturated carbocycles. The van der Waals surface area contributed by atoms with Crippen molar-refractivity contribution in [2.24, 2.45) is 5.92 Å². The van der Waals surface area contributed by atoms with Crippen LogP contribution >= 0.6 is 0 Å². The van der Waals surface area contributed by atoms with Gasteiger partial charge in [0.2, 0.25) is 0 Å². The molecule has 1 fully saturated rings. The first-order chi connectivity index (χ1) is 7.55. The molecule has 0 bridgehead atoms. The van der Waals surface area contributed by atoms with E-state index in [1.54, 1.807) is 0 Å². The van der Waals surface area contributed by atoms with Crippen LogP contribution < -0.4 is 0 Å². The van der Waals surface area contributed by atoms with Crippen LogP contribution in [0.2, 0.25) is 0 Å². The zero-order chi connectivity index (χ0) is 12.2. The fraction of sp³-hybridized carbons (Fsp3) is 0.923. The Morgan fingerprint density at radius 1 is 1.50 bits per heavy atom. The lowest BCUT2D eigenvalue weighted by atomic mass is 9.72. The molecule has 2 unspecified atom stereocenters. The Hall–Kier alpha value is -0.570. The van der Waals surface area contributed by atoms with E-state index < -0.39 is 11.5 Å². The van der Waals surface area contributed by atoms with Crippen LogP contribution in [0.25, 0.3) is 0 Å². The Morgan fingerprint density at radius 3 is 2.69 bits per heavy atom. The zero-order valence-corrected chi connectivity index (χ0v) is 10.8. The number of nitrogens with zero attached hydrogens (tertiary/aromatic N) is 1. The van der Waals surface area contributed by atoms with Crippen molar-refractivity contribution in [3.63, 3.8) is 0 Å². The number of likely N-dealkylation sites (N-methyl/N-ethyl adjacent to an activating group) is 1. The Kier molecular flexibility index (Phi) is 4.78. The molecule has 94 valence electrons. The molecule has 0 aliphatic heterocycles. The molecule has 0 aromatic carbocycles. The molecule has 0 amide bonds. The second-order valence-electron chi connectivity index (χ2n) is 5.15. The first kappa shape index (κ1) is 13.5. The largest absolute Gasteiger partial charge is 0.480 e. The number of hydrogen-bond acceptors (Lipinski definition) is 2. The topological polar surface area (TPSA) is 40.5 Å². The van der Waals surface area contributed by atoms with E-state index in [4.69, 9.17) is 0 Å². The number of carbonyl (C=O) groups is 1. The normalized spacial score (nSPS) is 30.6. The van der Waals surface area contributed by atoms with E-state index in [9.17, 15) is 9.90 Å². The number of hydrogen-bond donors (Lipinski definition) is 1. The van der Waals surface area contributed by atoms with Crippen molar-refractivity contribution >= 4 is 5.97 Å². The van der Waals surface area contributed by atoms with Crippen LogP contribution in [0, 0.1) is 5.92 Å². The molecule has 1 N–H and O–H groups in total. The van der Waals surface area contributed by atoms with Crippen molar-refractivity contribution < 1.29 is 9.90 Å². The summed E-state index contributed by atoms with van der Waals surface area (Å²) in [5.74, 6) is -0.362. The van der Waals surface area contributed by atoms with E-state index in [1.165, 1.54) is 6.42 Å². The van der Waals surface area contributed by atoms with Gasteiger partial charge in [0.15, 0.2) is 0 Å². The molecule has 0 heterocycles. The lowest BCUT2D eigenvalue weighted by molar-refractivity contribution is -0.157. The fourth-order valence-electron chi connectivity index (χ4n) is 2.97. The first-order valence-electron chi connectivity index (χ1n) is 6.50. The molecular formula is C13H25NO2. The van der Waals surface area contributed by atoms with Gasteiger partial charge in [-0.2, -0.15) is 0 Å². The molecule has 3 nitrogen and oxygen atoms in total. The van der Waals surface area contributed by atoms with Crippen LogP contribution in [-0.2, 0) is 4.79 Å². The minimum absolute atomic E-state index is 0.264. The highest BCUT2D eigenvalue weighted by atomic mass is 16.4. The molecular weight excluding hydrogens is 202 g/mol. The van der Waals surface area contributed by atoms with Crippen LogP contribution in [0.4, 0.5) is 0 Å². The van der Waals surface area contributed by atoms with Crippen LogP contribution in [-0.4, -0.2) is 35.1 Å². The molecule has 0 spiro atoms. The third kappa shape index (κ3) is 2.40. The quantitative estimate of drug-likeness (QED) is 0.785. The molecule has 1 aliphatic rings. The van der Waals surface area contributed by atoms with Crippen LogP contribution in [0.5, 0.6) is 0 Å². The number of carboxylic acids is 1. The minimum Gasteiger partial charge on any atom is -0.480 e. The van der Waals surface area contributed by atoms with E-state index in [0.29, 0.717) is 0 Å². The fourth-order valence-corrected chi connectivity index (χ4v) is 2.97. The Balaban J connectivity index is 2.81. The van der Waals surface area contributed by atoms with Gasteiger partial charge in [-0.25, -0.2) is 0 Å². The third-order valence-electron chi connectivity index (χ3n) is 4.16. The van der Waals surface area contributed by atoms with Crippen molar-refractivity contribution in [1.29, 1.82) is 0 Å².